The molecule has 0 radical (unpaired) electrons. The van der Waals surface area contributed by atoms with E-state index in [1.54, 1.807) is 11.3 Å². The van der Waals surface area contributed by atoms with Gasteiger partial charge in [-0.15, -0.1) is 11.3 Å². The Bertz CT molecular complexity index is 643. The highest BCUT2D eigenvalue weighted by atomic mass is 79.9. The maximum absolute atomic E-state index is 4.41. The summed E-state index contributed by atoms with van der Waals surface area (Å²) in [4.78, 5) is 1.30. The van der Waals surface area contributed by atoms with E-state index in [4.69, 9.17) is 0 Å². The molecule has 0 atom stereocenters. The number of nitrogens with zero attached hydrogens (tertiary/aromatic N) is 2. The molecule has 2 nitrogen and oxygen atoms in total. The fourth-order valence-electron chi connectivity index (χ4n) is 1.83. The summed E-state index contributed by atoms with van der Waals surface area (Å²) in [5, 5.41) is 6.50. The van der Waals surface area contributed by atoms with Gasteiger partial charge in [-0.1, -0.05) is 30.3 Å². The van der Waals surface area contributed by atoms with Crippen molar-refractivity contribution in [3.8, 4) is 11.1 Å². The van der Waals surface area contributed by atoms with Crippen LogP contribution in [0, 0.1) is 0 Å². The second-order valence-electron chi connectivity index (χ2n) is 4.02. The molecule has 0 unspecified atom stereocenters. The number of rotatable bonds is 3. The first-order valence-electron chi connectivity index (χ1n) is 5.62. The normalized spacial score (nSPS) is 10.7. The third kappa shape index (κ3) is 2.54. The van der Waals surface area contributed by atoms with Gasteiger partial charge in [0.05, 0.1) is 12.7 Å². The van der Waals surface area contributed by atoms with Crippen LogP contribution in [-0.2, 0) is 6.54 Å². The standard InChI is InChI=1S/C14H11BrN2S/c15-13-6-14(18-10-13)9-17-8-12(7-16-17)11-4-2-1-3-5-11/h1-8,10H,9H2. The van der Waals surface area contributed by atoms with E-state index in [0.717, 1.165) is 16.6 Å². The molecule has 0 amide bonds. The zero-order valence-electron chi connectivity index (χ0n) is 9.58. The van der Waals surface area contributed by atoms with E-state index >= 15 is 0 Å². The lowest BCUT2D eigenvalue weighted by Crippen LogP contribution is -1.97. The summed E-state index contributed by atoms with van der Waals surface area (Å²) in [6.45, 7) is 0.823. The molecule has 4 heteroatoms. The Morgan fingerprint density at radius 1 is 1.17 bits per heavy atom. The van der Waals surface area contributed by atoms with Crippen LogP contribution in [0.4, 0.5) is 0 Å². The number of benzene rings is 1. The summed E-state index contributed by atoms with van der Waals surface area (Å²) >= 11 is 5.21. The lowest BCUT2D eigenvalue weighted by molar-refractivity contribution is 0.695. The Kier molecular flexibility index (Phi) is 3.30. The molecule has 0 spiro atoms. The topological polar surface area (TPSA) is 17.8 Å². The molecule has 90 valence electrons. The predicted molar refractivity (Wildman–Crippen MR) is 78.8 cm³/mol. The van der Waals surface area contributed by atoms with Crippen LogP contribution in [0.25, 0.3) is 11.1 Å². The van der Waals surface area contributed by atoms with Gasteiger partial charge in [-0.2, -0.15) is 5.10 Å². The monoisotopic (exact) mass is 318 g/mol. The Morgan fingerprint density at radius 3 is 2.72 bits per heavy atom. The number of aromatic nitrogens is 2. The molecule has 0 aliphatic rings. The van der Waals surface area contributed by atoms with Crippen molar-refractivity contribution in [2.45, 2.75) is 6.54 Å². The Morgan fingerprint density at radius 2 is 2.00 bits per heavy atom. The van der Waals surface area contributed by atoms with Gasteiger partial charge in [0.2, 0.25) is 0 Å². The van der Waals surface area contributed by atoms with Gasteiger partial charge in [0.25, 0.3) is 0 Å². The first-order valence-corrected chi connectivity index (χ1v) is 7.29. The molecule has 3 aromatic rings. The number of hydrogen-bond acceptors (Lipinski definition) is 2. The number of hydrogen-bond donors (Lipinski definition) is 0. The number of thiophene rings is 1. The zero-order chi connectivity index (χ0) is 12.4. The van der Waals surface area contributed by atoms with Crippen LogP contribution in [0.3, 0.4) is 0 Å². The summed E-state index contributed by atoms with van der Waals surface area (Å²) < 4.78 is 3.11. The highest BCUT2D eigenvalue weighted by Gasteiger charge is 2.03. The minimum absolute atomic E-state index is 0.823. The van der Waals surface area contributed by atoms with Gasteiger partial charge in [-0.05, 0) is 27.6 Å². The molecule has 0 fully saturated rings. The summed E-state index contributed by atoms with van der Waals surface area (Å²) in [6.07, 6.45) is 4.00. The van der Waals surface area contributed by atoms with Crippen molar-refractivity contribution in [2.75, 3.05) is 0 Å². The zero-order valence-corrected chi connectivity index (χ0v) is 12.0. The summed E-state index contributed by atoms with van der Waals surface area (Å²) in [6, 6.07) is 12.4. The van der Waals surface area contributed by atoms with Crippen molar-refractivity contribution in [2.24, 2.45) is 0 Å². The van der Waals surface area contributed by atoms with Gasteiger partial charge >= 0.3 is 0 Å². The average molecular weight is 319 g/mol. The Labute approximate surface area is 118 Å². The fraction of sp³-hybridized carbons (Fsp3) is 0.0714. The molecule has 3 rings (SSSR count). The molecule has 0 saturated heterocycles. The molecule has 2 aromatic heterocycles. The van der Waals surface area contributed by atoms with Gasteiger partial charge in [-0.3, -0.25) is 4.68 Å². The largest absolute Gasteiger partial charge is 0.267 e. The lowest BCUT2D eigenvalue weighted by atomic mass is 10.1. The summed E-state index contributed by atoms with van der Waals surface area (Å²) in [5.41, 5.74) is 2.36. The molecular formula is C14H11BrN2S. The van der Waals surface area contributed by atoms with Crippen LogP contribution < -0.4 is 0 Å². The van der Waals surface area contributed by atoms with Gasteiger partial charge < -0.3 is 0 Å². The van der Waals surface area contributed by atoms with Crippen LogP contribution in [0.15, 0.2) is 58.6 Å². The van der Waals surface area contributed by atoms with E-state index in [9.17, 15) is 0 Å². The second-order valence-corrected chi connectivity index (χ2v) is 5.94. The van der Waals surface area contributed by atoms with Crippen molar-refractivity contribution in [1.82, 2.24) is 9.78 Å². The SMILES string of the molecule is Brc1csc(Cn2cc(-c3ccccc3)cn2)c1. The lowest BCUT2D eigenvalue weighted by Gasteiger charge is -1.97. The molecule has 2 heterocycles. The van der Waals surface area contributed by atoms with E-state index in [-0.39, 0.29) is 0 Å². The maximum Gasteiger partial charge on any atom is 0.0752 e. The van der Waals surface area contributed by atoms with Gasteiger partial charge in [0.1, 0.15) is 0 Å². The van der Waals surface area contributed by atoms with Crippen molar-refractivity contribution in [3.05, 3.63) is 63.5 Å². The second kappa shape index (κ2) is 5.08. The quantitative estimate of drug-likeness (QED) is 0.699. The van der Waals surface area contributed by atoms with E-state index in [1.807, 2.05) is 29.1 Å². The highest BCUT2D eigenvalue weighted by molar-refractivity contribution is 9.10. The molecule has 1 aromatic carbocycles. The van der Waals surface area contributed by atoms with Gasteiger partial charge in [0, 0.05) is 26.5 Å². The van der Waals surface area contributed by atoms with Crippen LogP contribution in [0.2, 0.25) is 0 Å². The van der Waals surface area contributed by atoms with E-state index < -0.39 is 0 Å². The highest BCUT2D eigenvalue weighted by Crippen LogP contribution is 2.22. The van der Waals surface area contributed by atoms with Gasteiger partial charge in [-0.25, -0.2) is 0 Å². The minimum atomic E-state index is 0.823. The average Bonchev–Trinajstić information content (AvgIpc) is 3.01. The van der Waals surface area contributed by atoms with E-state index in [0.29, 0.717) is 0 Å². The van der Waals surface area contributed by atoms with Crippen molar-refractivity contribution in [3.63, 3.8) is 0 Å². The van der Waals surface area contributed by atoms with Crippen LogP contribution in [0.5, 0.6) is 0 Å². The van der Waals surface area contributed by atoms with Crippen LogP contribution >= 0.6 is 27.3 Å². The first-order chi connectivity index (χ1) is 8.81. The van der Waals surface area contributed by atoms with Crippen LogP contribution in [-0.4, -0.2) is 9.78 Å². The smallest absolute Gasteiger partial charge is 0.0752 e. The summed E-state index contributed by atoms with van der Waals surface area (Å²) in [5.74, 6) is 0. The summed E-state index contributed by atoms with van der Waals surface area (Å²) in [7, 11) is 0. The first kappa shape index (κ1) is 11.7. The Balaban J connectivity index is 1.82. The third-order valence-corrected chi connectivity index (χ3v) is 4.36. The fourth-order valence-corrected chi connectivity index (χ4v) is 3.27. The number of halogens is 1. The molecule has 0 aliphatic heterocycles. The third-order valence-electron chi connectivity index (χ3n) is 2.68. The van der Waals surface area contributed by atoms with Gasteiger partial charge in [0.15, 0.2) is 0 Å². The van der Waals surface area contributed by atoms with E-state index in [1.165, 1.54) is 10.4 Å². The molecule has 0 bridgehead atoms. The molecule has 0 N–H and O–H groups in total. The molecular weight excluding hydrogens is 308 g/mol. The van der Waals surface area contributed by atoms with Crippen molar-refractivity contribution < 1.29 is 0 Å². The molecule has 0 saturated carbocycles. The maximum atomic E-state index is 4.41. The van der Waals surface area contributed by atoms with Crippen molar-refractivity contribution in [1.29, 1.82) is 0 Å². The van der Waals surface area contributed by atoms with E-state index in [2.05, 4.69) is 50.8 Å². The van der Waals surface area contributed by atoms with Crippen LogP contribution in [0.1, 0.15) is 4.88 Å². The Hall–Kier alpha value is -1.39. The predicted octanol–water partition coefficient (Wildman–Crippen LogP) is 4.42. The van der Waals surface area contributed by atoms with Crippen molar-refractivity contribution >= 4 is 27.3 Å². The minimum Gasteiger partial charge on any atom is -0.267 e. The molecule has 0 aliphatic carbocycles. The molecule has 18 heavy (non-hydrogen) atoms.